The second-order valence-electron chi connectivity index (χ2n) is 7.66. The molecule has 6 nitrogen and oxygen atoms in total. The number of halogens is 3. The molecule has 1 aliphatic rings. The quantitative estimate of drug-likeness (QED) is 0.397. The summed E-state index contributed by atoms with van der Waals surface area (Å²) in [4.78, 5) is 19.7. The molecule has 0 aliphatic carbocycles. The Kier molecular flexibility index (Phi) is 5.45. The van der Waals surface area contributed by atoms with Crippen molar-refractivity contribution in [1.29, 1.82) is 0 Å². The number of nitrogens with one attached hydrogen (secondary N) is 2. The predicted octanol–water partition coefficient (Wildman–Crippen LogP) is 5.69. The molecule has 4 aromatic rings. The topological polar surface area (TPSA) is 80.2 Å². The molecule has 0 bridgehead atoms. The van der Waals surface area contributed by atoms with Crippen LogP contribution in [-0.2, 0) is 6.42 Å². The van der Waals surface area contributed by atoms with Crippen LogP contribution in [0.25, 0.3) is 34.7 Å². The summed E-state index contributed by atoms with van der Waals surface area (Å²) in [5, 5.41) is 2.83. The van der Waals surface area contributed by atoms with Crippen molar-refractivity contribution in [3.05, 3.63) is 83.5 Å². The molecule has 0 atom stereocenters. The highest BCUT2D eigenvalue weighted by Crippen LogP contribution is 2.30. The smallest absolute Gasteiger partial charge is 0.457 e. The molecule has 0 radical (unpaired) electrons. The molecule has 0 saturated heterocycles. The first-order chi connectivity index (χ1) is 16.3. The number of alkyl halides is 3. The fraction of sp³-hybridized carbons (Fsp3) is 0.120. The van der Waals surface area contributed by atoms with Gasteiger partial charge in [-0.05, 0) is 54.6 Å². The molecule has 3 aromatic heterocycles. The third-order valence-electron chi connectivity index (χ3n) is 5.29. The first kappa shape index (κ1) is 21.6. The number of fused-ring (bicyclic) bond motifs is 1. The van der Waals surface area contributed by atoms with E-state index in [9.17, 15) is 18.0 Å². The van der Waals surface area contributed by atoms with Gasteiger partial charge in [-0.25, -0.2) is 0 Å². The lowest BCUT2D eigenvalue weighted by atomic mass is 10.1. The number of carbonyl (C=O) groups excluding carboxylic acids is 1. The molecule has 1 amide bonds. The Bertz CT molecular complexity index is 1390. The van der Waals surface area contributed by atoms with E-state index in [1.807, 2.05) is 18.2 Å². The number of benzene rings is 1. The first-order valence-electron chi connectivity index (χ1n) is 10.4. The molecule has 0 spiro atoms. The van der Waals surface area contributed by atoms with Crippen molar-refractivity contribution in [3.63, 3.8) is 0 Å². The lowest BCUT2D eigenvalue weighted by Gasteiger charge is -2.10. The van der Waals surface area contributed by atoms with Crippen LogP contribution in [0.5, 0.6) is 5.75 Å². The summed E-state index contributed by atoms with van der Waals surface area (Å²) in [6.45, 7) is 0.612. The number of aromatic amines is 1. The van der Waals surface area contributed by atoms with Crippen molar-refractivity contribution in [2.24, 2.45) is 0 Å². The number of pyridine rings is 1. The number of hydrogen-bond donors (Lipinski definition) is 2. The van der Waals surface area contributed by atoms with Gasteiger partial charge in [0, 0.05) is 41.7 Å². The lowest BCUT2D eigenvalue weighted by Crippen LogP contribution is -2.31. The van der Waals surface area contributed by atoms with Gasteiger partial charge in [-0.1, -0.05) is 12.1 Å². The maximum atomic E-state index is 12.5. The molecule has 34 heavy (non-hydrogen) atoms. The van der Waals surface area contributed by atoms with Gasteiger partial charge in [-0.2, -0.15) is 0 Å². The highest BCUT2D eigenvalue weighted by molar-refractivity contribution is 5.97. The van der Waals surface area contributed by atoms with Gasteiger partial charge in [-0.3, -0.25) is 9.78 Å². The van der Waals surface area contributed by atoms with Crippen molar-refractivity contribution < 1.29 is 27.1 Å². The Hall–Kier alpha value is -4.27. The number of hydrogen-bond acceptors (Lipinski definition) is 4. The summed E-state index contributed by atoms with van der Waals surface area (Å²) in [5.41, 5.74) is 4.43. The van der Waals surface area contributed by atoms with Crippen LogP contribution in [0.3, 0.4) is 0 Å². The van der Waals surface area contributed by atoms with Crippen molar-refractivity contribution in [3.8, 4) is 28.3 Å². The minimum Gasteiger partial charge on any atom is -0.457 e. The fourth-order valence-electron chi connectivity index (χ4n) is 3.77. The Balaban J connectivity index is 1.33. The molecular weight excluding hydrogens is 447 g/mol. The number of nitrogens with zero attached hydrogens (tertiary/aromatic N) is 1. The Labute approximate surface area is 192 Å². The van der Waals surface area contributed by atoms with Gasteiger partial charge in [0.2, 0.25) is 0 Å². The monoisotopic (exact) mass is 465 g/mol. The number of carbonyl (C=O) groups is 1. The standard InChI is InChI=1S/C25H18F3N3O3/c26-25(27,28)34-19-3-1-2-16(13-19)23-7-6-18(33-23)5-4-17-12-15(8-10-29-17)22-14-20-21(31-22)9-11-30-24(20)32/h1-8,10,12-14,31H,9,11H2,(H,30,32)/b5-4-. The second-order valence-corrected chi connectivity index (χ2v) is 7.66. The molecule has 0 fully saturated rings. The SMILES string of the molecule is O=C1NCCc2[nH]c(-c3ccnc(/C=C\c4ccc(-c5cccc(OC(F)(F)F)c5)o4)c3)cc21. The second kappa shape index (κ2) is 8.58. The van der Waals surface area contributed by atoms with Crippen LogP contribution >= 0.6 is 0 Å². The van der Waals surface area contributed by atoms with Crippen LogP contribution in [0.2, 0.25) is 0 Å². The third-order valence-corrected chi connectivity index (χ3v) is 5.29. The molecule has 9 heteroatoms. The predicted molar refractivity (Wildman–Crippen MR) is 120 cm³/mol. The maximum Gasteiger partial charge on any atom is 0.573 e. The fourth-order valence-corrected chi connectivity index (χ4v) is 3.77. The molecular formula is C25H18F3N3O3. The van der Waals surface area contributed by atoms with Crippen LogP contribution < -0.4 is 10.1 Å². The van der Waals surface area contributed by atoms with Crippen molar-refractivity contribution in [2.45, 2.75) is 12.8 Å². The molecule has 1 aliphatic heterocycles. The zero-order valence-corrected chi connectivity index (χ0v) is 17.6. The summed E-state index contributed by atoms with van der Waals surface area (Å²) in [6, 6.07) is 14.6. The maximum absolute atomic E-state index is 12.5. The van der Waals surface area contributed by atoms with E-state index in [1.54, 1.807) is 36.5 Å². The van der Waals surface area contributed by atoms with E-state index in [2.05, 4.69) is 20.0 Å². The van der Waals surface area contributed by atoms with Crippen molar-refractivity contribution in [1.82, 2.24) is 15.3 Å². The van der Waals surface area contributed by atoms with Crippen molar-refractivity contribution >= 4 is 18.1 Å². The van der Waals surface area contributed by atoms with Crippen molar-refractivity contribution in [2.75, 3.05) is 6.54 Å². The summed E-state index contributed by atoms with van der Waals surface area (Å²) >= 11 is 0. The van der Waals surface area contributed by atoms with Gasteiger partial charge >= 0.3 is 6.36 Å². The molecule has 5 rings (SSSR count). The average Bonchev–Trinajstić information content (AvgIpc) is 3.45. The molecule has 1 aromatic carbocycles. The number of ether oxygens (including phenoxy) is 1. The van der Waals surface area contributed by atoms with E-state index in [0.29, 0.717) is 34.9 Å². The van der Waals surface area contributed by atoms with E-state index in [0.717, 1.165) is 23.4 Å². The van der Waals surface area contributed by atoms with Crippen LogP contribution in [0.4, 0.5) is 13.2 Å². The van der Waals surface area contributed by atoms with Gasteiger partial charge in [-0.15, -0.1) is 13.2 Å². The van der Waals surface area contributed by atoms with E-state index in [-0.39, 0.29) is 11.7 Å². The molecule has 0 saturated carbocycles. The van der Waals surface area contributed by atoms with Gasteiger partial charge in [0.15, 0.2) is 0 Å². The Morgan fingerprint density at radius 1 is 1.03 bits per heavy atom. The van der Waals surface area contributed by atoms with E-state index in [4.69, 9.17) is 4.42 Å². The first-order valence-corrected chi connectivity index (χ1v) is 10.4. The van der Waals surface area contributed by atoms with Crippen LogP contribution in [-0.4, -0.2) is 28.8 Å². The molecule has 0 unspecified atom stereocenters. The molecule has 172 valence electrons. The van der Waals surface area contributed by atoms with Crippen LogP contribution in [0.1, 0.15) is 27.5 Å². The number of H-pyrrole nitrogens is 1. The zero-order chi connectivity index (χ0) is 23.7. The Morgan fingerprint density at radius 2 is 1.91 bits per heavy atom. The van der Waals surface area contributed by atoms with Gasteiger partial charge < -0.3 is 19.5 Å². The minimum absolute atomic E-state index is 0.0814. The summed E-state index contributed by atoms with van der Waals surface area (Å²) in [6.07, 6.45) is 1.16. The Morgan fingerprint density at radius 3 is 2.74 bits per heavy atom. The number of rotatable bonds is 5. The number of amides is 1. The van der Waals surface area contributed by atoms with E-state index < -0.39 is 6.36 Å². The highest BCUT2D eigenvalue weighted by atomic mass is 19.4. The van der Waals surface area contributed by atoms with Crippen LogP contribution in [0.15, 0.2) is 65.2 Å². The van der Waals surface area contributed by atoms with Gasteiger partial charge in [0.25, 0.3) is 5.91 Å². The molecule has 4 heterocycles. The van der Waals surface area contributed by atoms with E-state index >= 15 is 0 Å². The molecule has 2 N–H and O–H groups in total. The summed E-state index contributed by atoms with van der Waals surface area (Å²) in [5.74, 6) is 0.519. The number of furan rings is 1. The third kappa shape index (κ3) is 4.73. The normalized spacial score (nSPS) is 13.7. The van der Waals surface area contributed by atoms with Gasteiger partial charge in [0.1, 0.15) is 17.3 Å². The van der Waals surface area contributed by atoms with Gasteiger partial charge in [0.05, 0.1) is 11.3 Å². The summed E-state index contributed by atoms with van der Waals surface area (Å²) in [7, 11) is 0. The zero-order valence-electron chi connectivity index (χ0n) is 17.6. The highest BCUT2D eigenvalue weighted by Gasteiger charge is 2.31. The lowest BCUT2D eigenvalue weighted by molar-refractivity contribution is -0.274. The largest absolute Gasteiger partial charge is 0.573 e. The minimum atomic E-state index is -4.76. The van der Waals surface area contributed by atoms with E-state index in [1.165, 1.54) is 18.2 Å². The summed E-state index contributed by atoms with van der Waals surface area (Å²) < 4.78 is 47.1. The number of aromatic nitrogens is 2. The van der Waals surface area contributed by atoms with Crippen LogP contribution in [0, 0.1) is 0 Å². The average molecular weight is 465 g/mol.